The highest BCUT2D eigenvalue weighted by molar-refractivity contribution is 5.77. The molecule has 0 spiro atoms. The van der Waals surface area contributed by atoms with Gasteiger partial charge >= 0.3 is 0 Å². The quantitative estimate of drug-likeness (QED) is 0.786. The van der Waals surface area contributed by atoms with E-state index in [-0.39, 0.29) is 5.91 Å². The van der Waals surface area contributed by atoms with E-state index in [1.54, 1.807) is 6.20 Å². The molecule has 1 rings (SSSR count). The molecule has 0 fully saturated rings. The zero-order valence-corrected chi connectivity index (χ0v) is 11.3. The Bertz CT molecular complexity index is 392. The first-order valence-corrected chi connectivity index (χ1v) is 6.13. The number of rotatable bonds is 6. The molecule has 100 valence electrons. The van der Waals surface area contributed by atoms with Crippen LogP contribution in [0.15, 0.2) is 18.3 Å². The van der Waals surface area contributed by atoms with Crippen LogP contribution in [0, 0.1) is 5.92 Å². The van der Waals surface area contributed by atoms with Gasteiger partial charge in [-0.15, -0.1) is 0 Å². The normalized spacial score (nSPS) is 10.9. The highest BCUT2D eigenvalue weighted by Crippen LogP contribution is 2.05. The molecule has 1 heterocycles. The van der Waals surface area contributed by atoms with Crippen molar-refractivity contribution in [1.82, 2.24) is 15.2 Å². The number of carbonyl (C=O) groups is 1. The van der Waals surface area contributed by atoms with Crippen molar-refractivity contribution >= 4 is 11.7 Å². The number of carbonyl (C=O) groups excluding carboxylic acids is 1. The van der Waals surface area contributed by atoms with Crippen LogP contribution in [-0.2, 0) is 11.3 Å². The molecule has 0 atom stereocenters. The number of nitrogens with one attached hydrogen (secondary N) is 1. The van der Waals surface area contributed by atoms with Crippen molar-refractivity contribution in [1.29, 1.82) is 0 Å². The smallest absolute Gasteiger partial charge is 0.234 e. The lowest BCUT2D eigenvalue weighted by Gasteiger charge is -2.17. The first-order chi connectivity index (χ1) is 8.47. The maximum absolute atomic E-state index is 11.6. The molecule has 1 amide bonds. The largest absolute Gasteiger partial charge is 0.384 e. The molecular weight excluding hydrogens is 228 g/mol. The second-order valence-corrected chi connectivity index (χ2v) is 4.96. The highest BCUT2D eigenvalue weighted by Gasteiger charge is 2.07. The Labute approximate surface area is 108 Å². The fourth-order valence-corrected chi connectivity index (χ4v) is 1.58. The minimum absolute atomic E-state index is 0.0493. The zero-order chi connectivity index (χ0) is 13.5. The maximum atomic E-state index is 11.6. The minimum Gasteiger partial charge on any atom is -0.384 e. The fourth-order valence-electron chi connectivity index (χ4n) is 1.58. The summed E-state index contributed by atoms with van der Waals surface area (Å²) in [5, 5.41) is 2.89. The molecule has 3 N–H and O–H groups in total. The molecule has 0 bridgehead atoms. The van der Waals surface area contributed by atoms with Crippen LogP contribution in [0.4, 0.5) is 5.82 Å². The van der Waals surface area contributed by atoms with Crippen LogP contribution in [0.5, 0.6) is 0 Å². The van der Waals surface area contributed by atoms with Gasteiger partial charge in [0, 0.05) is 19.3 Å². The molecule has 5 nitrogen and oxygen atoms in total. The molecule has 0 saturated carbocycles. The number of hydrogen-bond donors (Lipinski definition) is 2. The molecule has 18 heavy (non-hydrogen) atoms. The summed E-state index contributed by atoms with van der Waals surface area (Å²) in [6, 6.07) is 3.72. The van der Waals surface area contributed by atoms with E-state index in [2.05, 4.69) is 24.1 Å². The molecule has 0 aliphatic rings. The Morgan fingerprint density at radius 1 is 1.56 bits per heavy atom. The number of nitrogen functional groups attached to an aromatic ring is 1. The van der Waals surface area contributed by atoms with E-state index in [9.17, 15) is 4.79 Å². The van der Waals surface area contributed by atoms with E-state index < -0.39 is 0 Å². The van der Waals surface area contributed by atoms with Crippen LogP contribution in [0.1, 0.15) is 19.4 Å². The second-order valence-electron chi connectivity index (χ2n) is 4.96. The van der Waals surface area contributed by atoms with Crippen LogP contribution in [0.2, 0.25) is 0 Å². The maximum Gasteiger partial charge on any atom is 0.234 e. The third-order valence-corrected chi connectivity index (χ3v) is 2.42. The van der Waals surface area contributed by atoms with Gasteiger partial charge in [-0.3, -0.25) is 9.69 Å². The topological polar surface area (TPSA) is 71.2 Å². The van der Waals surface area contributed by atoms with Gasteiger partial charge in [-0.25, -0.2) is 4.98 Å². The summed E-state index contributed by atoms with van der Waals surface area (Å²) < 4.78 is 0. The average molecular weight is 250 g/mol. The van der Waals surface area contributed by atoms with Crippen molar-refractivity contribution in [2.45, 2.75) is 20.4 Å². The molecule has 0 saturated heterocycles. The van der Waals surface area contributed by atoms with Crippen LogP contribution in [0.25, 0.3) is 0 Å². The van der Waals surface area contributed by atoms with Gasteiger partial charge in [-0.2, -0.15) is 0 Å². The Kier molecular flexibility index (Phi) is 5.58. The third kappa shape index (κ3) is 5.63. The second kappa shape index (κ2) is 6.96. The van der Waals surface area contributed by atoms with Gasteiger partial charge in [0.2, 0.25) is 5.91 Å². The Morgan fingerprint density at radius 2 is 2.28 bits per heavy atom. The van der Waals surface area contributed by atoms with E-state index in [1.807, 2.05) is 24.1 Å². The number of hydrogen-bond acceptors (Lipinski definition) is 4. The summed E-state index contributed by atoms with van der Waals surface area (Å²) in [6.45, 7) is 5.93. The molecule has 1 aromatic heterocycles. The number of pyridine rings is 1. The number of nitrogens with zero attached hydrogens (tertiary/aromatic N) is 2. The Balaban J connectivity index is 2.37. The van der Waals surface area contributed by atoms with Gasteiger partial charge in [0.05, 0.1) is 6.54 Å². The minimum atomic E-state index is 0.0493. The summed E-state index contributed by atoms with van der Waals surface area (Å²) >= 11 is 0. The number of anilines is 1. The average Bonchev–Trinajstić information content (AvgIpc) is 2.26. The van der Waals surface area contributed by atoms with E-state index in [0.717, 1.165) is 12.1 Å². The number of likely N-dealkylation sites (N-methyl/N-ethyl adjacent to an activating group) is 1. The van der Waals surface area contributed by atoms with E-state index in [4.69, 9.17) is 5.73 Å². The number of aromatic nitrogens is 1. The summed E-state index contributed by atoms with van der Waals surface area (Å²) in [5.41, 5.74) is 6.66. The molecule has 0 radical (unpaired) electrons. The Morgan fingerprint density at radius 3 is 2.89 bits per heavy atom. The summed E-state index contributed by atoms with van der Waals surface area (Å²) in [4.78, 5) is 17.5. The summed E-state index contributed by atoms with van der Waals surface area (Å²) in [7, 11) is 1.91. The lowest BCUT2D eigenvalue weighted by molar-refractivity contribution is -0.122. The summed E-state index contributed by atoms with van der Waals surface area (Å²) in [6.07, 6.45) is 1.68. The lowest BCUT2D eigenvalue weighted by atomic mass is 10.2. The molecular formula is C13H22N4O. The van der Waals surface area contributed by atoms with Crippen molar-refractivity contribution in [3.63, 3.8) is 0 Å². The predicted octanol–water partition coefficient (Wildman–Crippen LogP) is 0.868. The number of nitrogens with two attached hydrogens (primary N) is 1. The standard InChI is InChI=1S/C13H22N4O/c1-10(2)7-16-13(18)9-17(3)8-11-4-5-15-12(14)6-11/h4-6,10H,7-9H2,1-3H3,(H2,14,15)(H,16,18). The lowest BCUT2D eigenvalue weighted by Crippen LogP contribution is -2.36. The SMILES string of the molecule is CC(C)CNC(=O)CN(C)Cc1ccnc(N)c1. The van der Waals surface area contributed by atoms with Gasteiger partial charge in [-0.1, -0.05) is 13.8 Å². The first kappa shape index (κ1) is 14.4. The highest BCUT2D eigenvalue weighted by atomic mass is 16.2. The van der Waals surface area contributed by atoms with Gasteiger partial charge in [-0.05, 0) is 30.7 Å². The molecule has 0 aliphatic carbocycles. The summed E-state index contributed by atoms with van der Waals surface area (Å²) in [5.74, 6) is 1.03. The van der Waals surface area contributed by atoms with Gasteiger partial charge in [0.1, 0.15) is 5.82 Å². The monoisotopic (exact) mass is 250 g/mol. The van der Waals surface area contributed by atoms with Crippen molar-refractivity contribution in [2.75, 3.05) is 25.9 Å². The van der Waals surface area contributed by atoms with Crippen LogP contribution >= 0.6 is 0 Å². The first-order valence-electron chi connectivity index (χ1n) is 6.13. The van der Waals surface area contributed by atoms with Crippen molar-refractivity contribution in [3.05, 3.63) is 23.9 Å². The fraction of sp³-hybridized carbons (Fsp3) is 0.538. The van der Waals surface area contributed by atoms with Crippen LogP contribution < -0.4 is 11.1 Å². The predicted molar refractivity (Wildman–Crippen MR) is 72.8 cm³/mol. The zero-order valence-electron chi connectivity index (χ0n) is 11.3. The number of amides is 1. The van der Waals surface area contributed by atoms with Crippen molar-refractivity contribution in [2.24, 2.45) is 5.92 Å². The van der Waals surface area contributed by atoms with Gasteiger partial charge in [0.25, 0.3) is 0 Å². The molecule has 5 heteroatoms. The third-order valence-electron chi connectivity index (χ3n) is 2.42. The van der Waals surface area contributed by atoms with Gasteiger partial charge in [0.15, 0.2) is 0 Å². The molecule has 1 aromatic rings. The van der Waals surface area contributed by atoms with E-state index >= 15 is 0 Å². The molecule has 0 aromatic carbocycles. The molecule has 0 unspecified atom stereocenters. The van der Waals surface area contributed by atoms with Crippen molar-refractivity contribution < 1.29 is 4.79 Å². The van der Waals surface area contributed by atoms with Crippen molar-refractivity contribution in [3.8, 4) is 0 Å². The Hall–Kier alpha value is -1.62. The van der Waals surface area contributed by atoms with Crippen LogP contribution in [-0.4, -0.2) is 35.9 Å². The molecule has 0 aliphatic heterocycles. The van der Waals surface area contributed by atoms with Crippen LogP contribution in [0.3, 0.4) is 0 Å². The van der Waals surface area contributed by atoms with E-state index in [0.29, 0.717) is 24.8 Å². The van der Waals surface area contributed by atoms with E-state index in [1.165, 1.54) is 0 Å². The van der Waals surface area contributed by atoms with Gasteiger partial charge < -0.3 is 11.1 Å².